The SMILES string of the molecule is C[C@H](c1ccc(F)cc1)N(C)C(=O)COc1ccccc1C(=O)O. The van der Waals surface area contributed by atoms with Gasteiger partial charge in [0.2, 0.25) is 0 Å². The minimum Gasteiger partial charge on any atom is -0.483 e. The highest BCUT2D eigenvalue weighted by atomic mass is 19.1. The molecule has 0 fully saturated rings. The number of benzene rings is 2. The predicted molar refractivity (Wildman–Crippen MR) is 86.5 cm³/mol. The Bertz CT molecular complexity index is 730. The number of hydrogen-bond acceptors (Lipinski definition) is 3. The maximum atomic E-state index is 13.0. The van der Waals surface area contributed by atoms with E-state index in [1.807, 2.05) is 6.92 Å². The van der Waals surface area contributed by atoms with E-state index in [4.69, 9.17) is 9.84 Å². The third-order valence-corrected chi connectivity index (χ3v) is 3.80. The number of carbonyl (C=O) groups excluding carboxylic acids is 1. The largest absolute Gasteiger partial charge is 0.483 e. The third-order valence-electron chi connectivity index (χ3n) is 3.80. The number of ether oxygens (including phenoxy) is 1. The van der Waals surface area contributed by atoms with E-state index in [9.17, 15) is 14.0 Å². The molecule has 0 aliphatic carbocycles. The molecule has 2 aromatic rings. The first-order valence-corrected chi connectivity index (χ1v) is 7.36. The number of carboxylic acids is 1. The van der Waals surface area contributed by atoms with Gasteiger partial charge in [0.25, 0.3) is 5.91 Å². The molecular formula is C18H18FNO4. The van der Waals surface area contributed by atoms with E-state index in [-0.39, 0.29) is 35.7 Å². The fourth-order valence-electron chi connectivity index (χ4n) is 2.19. The van der Waals surface area contributed by atoms with Crippen LogP contribution >= 0.6 is 0 Å². The van der Waals surface area contributed by atoms with Gasteiger partial charge in [-0.15, -0.1) is 0 Å². The van der Waals surface area contributed by atoms with Crippen LogP contribution in [0.5, 0.6) is 5.75 Å². The maximum Gasteiger partial charge on any atom is 0.339 e. The summed E-state index contributed by atoms with van der Waals surface area (Å²) in [4.78, 5) is 24.8. The van der Waals surface area contributed by atoms with E-state index in [1.54, 1.807) is 31.3 Å². The van der Waals surface area contributed by atoms with Crippen LogP contribution in [0, 0.1) is 5.82 Å². The molecule has 0 heterocycles. The predicted octanol–water partition coefficient (Wildman–Crippen LogP) is 3.12. The second-order valence-electron chi connectivity index (χ2n) is 5.32. The van der Waals surface area contributed by atoms with Gasteiger partial charge in [-0.25, -0.2) is 9.18 Å². The molecule has 2 aromatic carbocycles. The monoisotopic (exact) mass is 331 g/mol. The van der Waals surface area contributed by atoms with E-state index >= 15 is 0 Å². The average Bonchev–Trinajstić information content (AvgIpc) is 2.59. The van der Waals surface area contributed by atoms with Gasteiger partial charge in [-0.1, -0.05) is 24.3 Å². The zero-order valence-electron chi connectivity index (χ0n) is 13.4. The van der Waals surface area contributed by atoms with E-state index in [2.05, 4.69) is 0 Å². The molecule has 0 unspecified atom stereocenters. The van der Waals surface area contributed by atoms with Gasteiger partial charge in [-0.05, 0) is 36.8 Å². The number of para-hydroxylation sites is 1. The quantitative estimate of drug-likeness (QED) is 0.883. The fourth-order valence-corrected chi connectivity index (χ4v) is 2.19. The van der Waals surface area contributed by atoms with Crippen LogP contribution in [0.4, 0.5) is 4.39 Å². The molecule has 0 radical (unpaired) electrons. The molecular weight excluding hydrogens is 313 g/mol. The lowest BCUT2D eigenvalue weighted by molar-refractivity contribution is -0.134. The van der Waals surface area contributed by atoms with Crippen LogP contribution in [0.1, 0.15) is 28.9 Å². The van der Waals surface area contributed by atoms with Gasteiger partial charge in [-0.3, -0.25) is 4.79 Å². The molecule has 1 N–H and O–H groups in total. The van der Waals surface area contributed by atoms with Crippen LogP contribution < -0.4 is 4.74 Å². The Morgan fingerprint density at radius 3 is 2.42 bits per heavy atom. The third kappa shape index (κ3) is 4.10. The standard InChI is InChI=1S/C18H18FNO4/c1-12(13-7-9-14(19)10-8-13)20(2)17(21)11-24-16-6-4-3-5-15(16)18(22)23/h3-10,12H,11H2,1-2H3,(H,22,23)/t12-/m1/s1. The van der Waals surface area contributed by atoms with Crippen molar-refractivity contribution in [3.05, 3.63) is 65.5 Å². The minimum absolute atomic E-state index is 0.000430. The summed E-state index contributed by atoms with van der Waals surface area (Å²) in [6.07, 6.45) is 0. The van der Waals surface area contributed by atoms with Crippen molar-refractivity contribution in [1.29, 1.82) is 0 Å². The van der Waals surface area contributed by atoms with Crippen molar-refractivity contribution < 1.29 is 23.8 Å². The Balaban J connectivity index is 2.02. The molecule has 24 heavy (non-hydrogen) atoms. The Labute approximate surface area is 139 Å². The summed E-state index contributed by atoms with van der Waals surface area (Å²) in [6, 6.07) is 11.8. The molecule has 5 nitrogen and oxygen atoms in total. The fraction of sp³-hybridized carbons (Fsp3) is 0.222. The second kappa shape index (κ2) is 7.59. The van der Waals surface area contributed by atoms with Crippen LogP contribution in [0.25, 0.3) is 0 Å². The van der Waals surface area contributed by atoms with Crippen LogP contribution in [-0.2, 0) is 4.79 Å². The lowest BCUT2D eigenvalue weighted by Gasteiger charge is -2.25. The maximum absolute atomic E-state index is 13.0. The topological polar surface area (TPSA) is 66.8 Å². The number of carbonyl (C=O) groups is 2. The van der Waals surface area contributed by atoms with E-state index < -0.39 is 5.97 Å². The van der Waals surface area contributed by atoms with Crippen LogP contribution in [0.15, 0.2) is 48.5 Å². The zero-order chi connectivity index (χ0) is 17.7. The Kier molecular flexibility index (Phi) is 5.52. The number of rotatable bonds is 6. The molecule has 0 aliphatic heterocycles. The highest BCUT2D eigenvalue weighted by Gasteiger charge is 2.19. The van der Waals surface area contributed by atoms with Crippen molar-refractivity contribution in [1.82, 2.24) is 4.90 Å². The number of nitrogens with zero attached hydrogens (tertiary/aromatic N) is 1. The Hall–Kier alpha value is -2.89. The van der Waals surface area contributed by atoms with Crippen molar-refractivity contribution in [2.24, 2.45) is 0 Å². The summed E-state index contributed by atoms with van der Waals surface area (Å²) < 4.78 is 18.3. The number of carboxylic acid groups (broad SMARTS) is 1. The molecule has 126 valence electrons. The molecule has 2 rings (SSSR count). The normalized spacial score (nSPS) is 11.6. The van der Waals surface area contributed by atoms with E-state index in [1.165, 1.54) is 29.2 Å². The molecule has 0 aromatic heterocycles. The Morgan fingerprint density at radius 2 is 1.79 bits per heavy atom. The smallest absolute Gasteiger partial charge is 0.339 e. The molecule has 0 saturated heterocycles. The van der Waals surface area contributed by atoms with Gasteiger partial charge < -0.3 is 14.7 Å². The number of aromatic carboxylic acids is 1. The number of amides is 1. The molecule has 0 saturated carbocycles. The van der Waals surface area contributed by atoms with Gasteiger partial charge in [-0.2, -0.15) is 0 Å². The van der Waals surface area contributed by atoms with Gasteiger partial charge in [0, 0.05) is 7.05 Å². The zero-order valence-corrected chi connectivity index (χ0v) is 13.4. The molecule has 6 heteroatoms. The lowest BCUT2D eigenvalue weighted by Crippen LogP contribution is -2.33. The first kappa shape index (κ1) is 17.5. The summed E-state index contributed by atoms with van der Waals surface area (Å²) in [5, 5.41) is 9.09. The van der Waals surface area contributed by atoms with Crippen LogP contribution in [-0.4, -0.2) is 35.5 Å². The number of hydrogen-bond donors (Lipinski definition) is 1. The minimum atomic E-state index is -1.12. The summed E-state index contributed by atoms with van der Waals surface area (Å²) >= 11 is 0. The molecule has 0 spiro atoms. The van der Waals surface area contributed by atoms with Crippen molar-refractivity contribution in [2.75, 3.05) is 13.7 Å². The molecule has 0 bridgehead atoms. The summed E-state index contributed by atoms with van der Waals surface area (Å²) in [6.45, 7) is 1.53. The summed E-state index contributed by atoms with van der Waals surface area (Å²) in [5.74, 6) is -1.63. The molecule has 1 amide bonds. The summed E-state index contributed by atoms with van der Waals surface area (Å²) in [5.41, 5.74) is 0.790. The molecule has 0 aliphatic rings. The summed E-state index contributed by atoms with van der Waals surface area (Å²) in [7, 11) is 1.61. The van der Waals surface area contributed by atoms with Gasteiger partial charge in [0.05, 0.1) is 6.04 Å². The molecule has 1 atom stereocenters. The number of likely N-dealkylation sites (N-methyl/N-ethyl adjacent to an activating group) is 1. The Morgan fingerprint density at radius 1 is 1.17 bits per heavy atom. The van der Waals surface area contributed by atoms with E-state index in [0.717, 1.165) is 5.56 Å². The first-order chi connectivity index (χ1) is 11.4. The van der Waals surface area contributed by atoms with Crippen molar-refractivity contribution >= 4 is 11.9 Å². The van der Waals surface area contributed by atoms with Gasteiger partial charge in [0.15, 0.2) is 6.61 Å². The lowest BCUT2D eigenvalue weighted by atomic mass is 10.1. The number of halogens is 1. The highest BCUT2D eigenvalue weighted by molar-refractivity contribution is 5.91. The van der Waals surface area contributed by atoms with Crippen LogP contribution in [0.2, 0.25) is 0 Å². The van der Waals surface area contributed by atoms with E-state index in [0.29, 0.717) is 0 Å². The van der Waals surface area contributed by atoms with Crippen LogP contribution in [0.3, 0.4) is 0 Å². The van der Waals surface area contributed by atoms with Gasteiger partial charge in [0.1, 0.15) is 17.1 Å². The average molecular weight is 331 g/mol. The van der Waals surface area contributed by atoms with Crippen molar-refractivity contribution in [2.45, 2.75) is 13.0 Å². The van der Waals surface area contributed by atoms with Crippen molar-refractivity contribution in [3.63, 3.8) is 0 Å². The highest BCUT2D eigenvalue weighted by Crippen LogP contribution is 2.21. The first-order valence-electron chi connectivity index (χ1n) is 7.36. The van der Waals surface area contributed by atoms with Gasteiger partial charge >= 0.3 is 5.97 Å². The second-order valence-corrected chi connectivity index (χ2v) is 5.32. The van der Waals surface area contributed by atoms with Crippen molar-refractivity contribution in [3.8, 4) is 5.75 Å².